The van der Waals surface area contributed by atoms with Crippen molar-refractivity contribution in [3.05, 3.63) is 59.2 Å². The number of nitrogens with zero attached hydrogens (tertiary/aromatic N) is 1. The van der Waals surface area contributed by atoms with Crippen molar-refractivity contribution in [3.8, 4) is 11.5 Å². The van der Waals surface area contributed by atoms with Gasteiger partial charge >= 0.3 is 0 Å². The highest BCUT2D eigenvalue weighted by molar-refractivity contribution is 14.0. The van der Waals surface area contributed by atoms with E-state index in [2.05, 4.69) is 46.8 Å². The van der Waals surface area contributed by atoms with Gasteiger partial charge in [0.25, 0.3) is 0 Å². The Bertz CT molecular complexity index is 718. The molecule has 0 fully saturated rings. The van der Waals surface area contributed by atoms with Gasteiger partial charge in [-0.25, -0.2) is 4.99 Å². The Morgan fingerprint density at radius 3 is 2.30 bits per heavy atom. The van der Waals surface area contributed by atoms with Gasteiger partial charge in [-0.2, -0.15) is 0 Å². The van der Waals surface area contributed by atoms with E-state index < -0.39 is 0 Å². The van der Waals surface area contributed by atoms with E-state index in [0.29, 0.717) is 6.54 Å². The van der Waals surface area contributed by atoms with Gasteiger partial charge in [0, 0.05) is 13.1 Å². The number of nitrogens with one attached hydrogen (secondary N) is 2. The second-order valence-corrected chi connectivity index (χ2v) is 6.02. The first-order valence-electron chi connectivity index (χ1n) is 8.95. The summed E-state index contributed by atoms with van der Waals surface area (Å²) in [6, 6.07) is 14.3. The Kier molecular flexibility index (Phi) is 10.6. The van der Waals surface area contributed by atoms with Crippen LogP contribution >= 0.6 is 24.0 Å². The third-order valence-corrected chi connectivity index (χ3v) is 4.10. The fraction of sp³-hybridized carbons (Fsp3) is 0.381. The lowest BCUT2D eigenvalue weighted by molar-refractivity contribution is 0.411. The van der Waals surface area contributed by atoms with Crippen molar-refractivity contribution < 1.29 is 9.47 Å². The Morgan fingerprint density at radius 1 is 0.963 bits per heavy atom. The maximum atomic E-state index is 5.38. The highest BCUT2D eigenvalue weighted by atomic mass is 127. The summed E-state index contributed by atoms with van der Waals surface area (Å²) in [5.74, 6) is 2.60. The Balaban J connectivity index is 0.00000364. The van der Waals surface area contributed by atoms with Crippen LogP contribution in [-0.2, 0) is 13.0 Å². The number of hydrogen-bond acceptors (Lipinski definition) is 3. The SMILES string of the molecule is CCNC(=NCc1ccc(C)c(OC)c1)NCCc1ccc(OC)cc1.I. The first-order valence-corrected chi connectivity index (χ1v) is 8.95. The highest BCUT2D eigenvalue weighted by Gasteiger charge is 2.02. The number of benzene rings is 2. The standard InChI is InChI=1S/C21H29N3O2.HI/c1-5-22-21(23-13-12-17-8-10-19(25-3)11-9-17)24-15-18-7-6-16(2)20(14-18)26-4;/h6-11,14H,5,12-13,15H2,1-4H3,(H2,22,23,24);1H. The number of aliphatic imine (C=N–C) groups is 1. The fourth-order valence-electron chi connectivity index (χ4n) is 2.59. The molecule has 0 atom stereocenters. The largest absolute Gasteiger partial charge is 0.497 e. The molecule has 2 rings (SSSR count). The lowest BCUT2D eigenvalue weighted by Gasteiger charge is -2.12. The first-order chi connectivity index (χ1) is 12.7. The predicted octanol–water partition coefficient (Wildman–Crippen LogP) is 3.93. The average molecular weight is 483 g/mol. The van der Waals surface area contributed by atoms with Crippen LogP contribution in [0.2, 0.25) is 0 Å². The minimum absolute atomic E-state index is 0. The van der Waals surface area contributed by atoms with Gasteiger partial charge in [0.15, 0.2) is 5.96 Å². The molecule has 2 aromatic carbocycles. The number of methoxy groups -OCH3 is 2. The summed E-state index contributed by atoms with van der Waals surface area (Å²) in [6.45, 7) is 6.35. The van der Waals surface area contributed by atoms with E-state index in [0.717, 1.165) is 48.1 Å². The zero-order valence-electron chi connectivity index (χ0n) is 16.5. The number of aryl methyl sites for hydroxylation is 1. The Labute approximate surface area is 179 Å². The molecule has 5 nitrogen and oxygen atoms in total. The summed E-state index contributed by atoms with van der Waals surface area (Å²) in [5.41, 5.74) is 3.52. The van der Waals surface area contributed by atoms with Crippen LogP contribution in [-0.4, -0.2) is 33.3 Å². The topological polar surface area (TPSA) is 54.9 Å². The molecule has 2 aromatic rings. The first kappa shape index (κ1) is 23.1. The van der Waals surface area contributed by atoms with Crippen LogP contribution in [0.4, 0.5) is 0 Å². The van der Waals surface area contributed by atoms with Crippen molar-refractivity contribution in [3.63, 3.8) is 0 Å². The van der Waals surface area contributed by atoms with E-state index in [4.69, 9.17) is 9.47 Å². The molecule has 0 bridgehead atoms. The number of ether oxygens (including phenoxy) is 2. The van der Waals surface area contributed by atoms with Crippen molar-refractivity contribution in [2.24, 2.45) is 4.99 Å². The molecule has 0 aliphatic rings. The number of halogens is 1. The lowest BCUT2D eigenvalue weighted by Crippen LogP contribution is -2.38. The zero-order chi connectivity index (χ0) is 18.8. The van der Waals surface area contributed by atoms with Crippen LogP contribution in [0, 0.1) is 6.92 Å². The van der Waals surface area contributed by atoms with Crippen molar-refractivity contribution in [1.82, 2.24) is 10.6 Å². The Morgan fingerprint density at radius 2 is 1.67 bits per heavy atom. The van der Waals surface area contributed by atoms with Gasteiger partial charge in [0.1, 0.15) is 11.5 Å². The van der Waals surface area contributed by atoms with E-state index in [9.17, 15) is 0 Å². The van der Waals surface area contributed by atoms with E-state index in [-0.39, 0.29) is 24.0 Å². The van der Waals surface area contributed by atoms with Gasteiger partial charge in [-0.15, -0.1) is 24.0 Å². The minimum Gasteiger partial charge on any atom is -0.497 e. The van der Waals surface area contributed by atoms with Gasteiger partial charge in [-0.3, -0.25) is 0 Å². The molecule has 0 saturated carbocycles. The van der Waals surface area contributed by atoms with Gasteiger partial charge in [-0.1, -0.05) is 24.3 Å². The molecule has 2 N–H and O–H groups in total. The lowest BCUT2D eigenvalue weighted by atomic mass is 10.1. The molecule has 148 valence electrons. The molecule has 0 amide bonds. The van der Waals surface area contributed by atoms with Crippen LogP contribution in [0.25, 0.3) is 0 Å². The second kappa shape index (κ2) is 12.4. The molecule has 6 heteroatoms. The molecule has 0 spiro atoms. The normalized spacial score (nSPS) is 10.7. The third-order valence-electron chi connectivity index (χ3n) is 4.10. The molecule has 0 saturated heterocycles. The molecule has 0 unspecified atom stereocenters. The summed E-state index contributed by atoms with van der Waals surface area (Å²) < 4.78 is 10.6. The Hall–Kier alpha value is -1.96. The molecule has 27 heavy (non-hydrogen) atoms. The monoisotopic (exact) mass is 483 g/mol. The van der Waals surface area contributed by atoms with Crippen molar-refractivity contribution in [2.45, 2.75) is 26.8 Å². The molecular formula is C21H30IN3O2. The third kappa shape index (κ3) is 7.66. The smallest absolute Gasteiger partial charge is 0.191 e. The molecule has 0 aromatic heterocycles. The fourth-order valence-corrected chi connectivity index (χ4v) is 2.59. The van der Waals surface area contributed by atoms with Gasteiger partial charge in [0.2, 0.25) is 0 Å². The number of hydrogen-bond donors (Lipinski definition) is 2. The summed E-state index contributed by atoms with van der Waals surface area (Å²) >= 11 is 0. The maximum Gasteiger partial charge on any atom is 0.191 e. The molecule has 0 aliphatic carbocycles. The van der Waals surface area contributed by atoms with Crippen molar-refractivity contribution >= 4 is 29.9 Å². The van der Waals surface area contributed by atoms with Gasteiger partial charge in [-0.05, 0) is 55.2 Å². The summed E-state index contributed by atoms with van der Waals surface area (Å²) in [7, 11) is 3.37. The molecule has 0 radical (unpaired) electrons. The summed E-state index contributed by atoms with van der Waals surface area (Å²) in [5, 5.41) is 6.67. The second-order valence-electron chi connectivity index (χ2n) is 6.02. The van der Waals surface area contributed by atoms with Gasteiger partial charge in [0.05, 0.1) is 20.8 Å². The maximum absolute atomic E-state index is 5.38. The molecule has 0 aliphatic heterocycles. The van der Waals surface area contributed by atoms with E-state index >= 15 is 0 Å². The molecule has 0 heterocycles. The number of guanidine groups is 1. The minimum atomic E-state index is 0. The number of rotatable bonds is 8. The van der Waals surface area contributed by atoms with E-state index in [1.54, 1.807) is 14.2 Å². The van der Waals surface area contributed by atoms with Crippen LogP contribution in [0.15, 0.2) is 47.5 Å². The van der Waals surface area contributed by atoms with Crippen LogP contribution in [0.1, 0.15) is 23.6 Å². The van der Waals surface area contributed by atoms with Crippen LogP contribution < -0.4 is 20.1 Å². The van der Waals surface area contributed by atoms with Crippen LogP contribution in [0.5, 0.6) is 11.5 Å². The summed E-state index contributed by atoms with van der Waals surface area (Å²) in [4.78, 5) is 4.67. The van der Waals surface area contributed by atoms with Crippen molar-refractivity contribution in [1.29, 1.82) is 0 Å². The van der Waals surface area contributed by atoms with Crippen LogP contribution in [0.3, 0.4) is 0 Å². The predicted molar refractivity (Wildman–Crippen MR) is 123 cm³/mol. The summed E-state index contributed by atoms with van der Waals surface area (Å²) in [6.07, 6.45) is 0.923. The quantitative estimate of drug-likeness (QED) is 0.340. The van der Waals surface area contributed by atoms with E-state index in [1.807, 2.05) is 25.1 Å². The molecular weight excluding hydrogens is 453 g/mol. The van der Waals surface area contributed by atoms with Gasteiger partial charge < -0.3 is 20.1 Å². The van der Waals surface area contributed by atoms with Crippen molar-refractivity contribution in [2.75, 3.05) is 27.3 Å². The highest BCUT2D eigenvalue weighted by Crippen LogP contribution is 2.19. The average Bonchev–Trinajstić information content (AvgIpc) is 2.67. The van der Waals surface area contributed by atoms with E-state index in [1.165, 1.54) is 5.56 Å². The zero-order valence-corrected chi connectivity index (χ0v) is 18.9.